The van der Waals surface area contributed by atoms with Gasteiger partial charge in [0.25, 0.3) is 0 Å². The number of aromatic nitrogens is 1. The van der Waals surface area contributed by atoms with Gasteiger partial charge in [0.15, 0.2) is 5.82 Å². The number of halogens is 2. The van der Waals surface area contributed by atoms with Crippen molar-refractivity contribution in [3.8, 4) is 5.88 Å². The van der Waals surface area contributed by atoms with Crippen LogP contribution in [0, 0.1) is 3.57 Å². The van der Waals surface area contributed by atoms with E-state index in [1.165, 1.54) is 0 Å². The Morgan fingerprint density at radius 1 is 1.33 bits per heavy atom. The van der Waals surface area contributed by atoms with E-state index in [4.69, 9.17) is 22.1 Å². The Labute approximate surface area is 124 Å². The van der Waals surface area contributed by atoms with E-state index in [9.17, 15) is 0 Å². The molecule has 4 nitrogen and oxygen atoms in total. The number of nitrogens with two attached hydrogens (primary N) is 1. The van der Waals surface area contributed by atoms with Crippen molar-refractivity contribution in [2.45, 2.75) is 0 Å². The molecule has 0 aliphatic carbocycles. The Morgan fingerprint density at radius 2 is 2.11 bits per heavy atom. The molecule has 0 aliphatic heterocycles. The zero-order valence-corrected chi connectivity index (χ0v) is 12.5. The molecule has 0 amide bonds. The first-order valence-electron chi connectivity index (χ1n) is 5.12. The average Bonchev–Trinajstić information content (AvgIpc) is 2.35. The summed E-state index contributed by atoms with van der Waals surface area (Å²) in [5.41, 5.74) is 7.32. The van der Waals surface area contributed by atoms with Crippen molar-refractivity contribution in [1.82, 2.24) is 4.98 Å². The Kier molecular flexibility index (Phi) is 4.13. The molecule has 0 radical (unpaired) electrons. The molecular formula is C12H11ClIN3O. The highest BCUT2D eigenvalue weighted by Crippen LogP contribution is 2.28. The standard InChI is InChI=1S/C12H11ClIN3O/c1-18-11-5-3-9(15)12(17-11)16-10-4-2-7(13)6-8(10)14/h2-6H,15H2,1H3,(H,16,17). The lowest BCUT2D eigenvalue weighted by atomic mass is 10.3. The van der Waals surface area contributed by atoms with Gasteiger partial charge in [-0.3, -0.25) is 0 Å². The summed E-state index contributed by atoms with van der Waals surface area (Å²) in [5, 5.41) is 3.85. The van der Waals surface area contributed by atoms with Crippen LogP contribution in [-0.2, 0) is 0 Å². The van der Waals surface area contributed by atoms with Crippen molar-refractivity contribution in [2.24, 2.45) is 0 Å². The second-order valence-electron chi connectivity index (χ2n) is 3.54. The summed E-state index contributed by atoms with van der Waals surface area (Å²) < 4.78 is 6.06. The van der Waals surface area contributed by atoms with E-state index in [1.807, 2.05) is 18.2 Å². The summed E-state index contributed by atoms with van der Waals surface area (Å²) in [7, 11) is 1.56. The fourth-order valence-corrected chi connectivity index (χ4v) is 2.39. The number of hydrogen-bond acceptors (Lipinski definition) is 4. The Morgan fingerprint density at radius 3 is 2.78 bits per heavy atom. The molecule has 1 aromatic heterocycles. The van der Waals surface area contributed by atoms with Crippen LogP contribution >= 0.6 is 34.2 Å². The van der Waals surface area contributed by atoms with Crippen LogP contribution in [0.3, 0.4) is 0 Å². The zero-order chi connectivity index (χ0) is 13.1. The highest BCUT2D eigenvalue weighted by atomic mass is 127. The molecule has 0 bridgehead atoms. The predicted molar refractivity (Wildman–Crippen MR) is 82.7 cm³/mol. The SMILES string of the molecule is COc1ccc(N)c(Nc2ccc(Cl)cc2I)n1. The summed E-state index contributed by atoms with van der Waals surface area (Å²) in [6.07, 6.45) is 0. The van der Waals surface area contributed by atoms with Crippen LogP contribution in [0.4, 0.5) is 17.2 Å². The highest BCUT2D eigenvalue weighted by Gasteiger charge is 2.06. The predicted octanol–water partition coefficient (Wildman–Crippen LogP) is 3.67. The largest absolute Gasteiger partial charge is 0.481 e. The van der Waals surface area contributed by atoms with Crippen molar-refractivity contribution in [3.63, 3.8) is 0 Å². The molecule has 0 atom stereocenters. The third-order valence-corrected chi connectivity index (χ3v) is 3.42. The second-order valence-corrected chi connectivity index (χ2v) is 5.14. The summed E-state index contributed by atoms with van der Waals surface area (Å²) in [5.74, 6) is 1.07. The van der Waals surface area contributed by atoms with Crippen molar-refractivity contribution in [2.75, 3.05) is 18.2 Å². The molecule has 2 aromatic rings. The number of rotatable bonds is 3. The normalized spacial score (nSPS) is 10.2. The number of nitrogen functional groups attached to an aromatic ring is 1. The molecule has 0 saturated heterocycles. The van der Waals surface area contributed by atoms with Gasteiger partial charge in [-0.1, -0.05) is 11.6 Å². The number of benzene rings is 1. The number of nitrogens with zero attached hydrogens (tertiary/aromatic N) is 1. The second kappa shape index (κ2) is 5.62. The van der Waals surface area contributed by atoms with Crippen LogP contribution in [-0.4, -0.2) is 12.1 Å². The molecule has 0 spiro atoms. The molecule has 18 heavy (non-hydrogen) atoms. The molecule has 6 heteroatoms. The maximum Gasteiger partial charge on any atom is 0.215 e. The molecule has 0 fully saturated rings. The number of anilines is 3. The monoisotopic (exact) mass is 375 g/mol. The van der Waals surface area contributed by atoms with Crippen molar-refractivity contribution in [3.05, 3.63) is 38.9 Å². The Bertz CT molecular complexity index is 577. The molecule has 1 aromatic carbocycles. The highest BCUT2D eigenvalue weighted by molar-refractivity contribution is 14.1. The number of pyridine rings is 1. The minimum Gasteiger partial charge on any atom is -0.481 e. The maximum atomic E-state index is 5.91. The lowest BCUT2D eigenvalue weighted by Crippen LogP contribution is -2.01. The van der Waals surface area contributed by atoms with E-state index in [0.29, 0.717) is 22.4 Å². The minimum atomic E-state index is 0.510. The Hall–Kier alpha value is -1.21. The van der Waals surface area contributed by atoms with Gasteiger partial charge in [0.05, 0.1) is 18.5 Å². The van der Waals surface area contributed by atoms with Crippen LogP contribution in [0.1, 0.15) is 0 Å². The van der Waals surface area contributed by atoms with E-state index in [1.54, 1.807) is 19.2 Å². The molecular weight excluding hydrogens is 365 g/mol. The van der Waals surface area contributed by atoms with Gasteiger partial charge in [0.2, 0.25) is 5.88 Å². The Balaban J connectivity index is 2.33. The topological polar surface area (TPSA) is 60.2 Å². The fourth-order valence-electron chi connectivity index (χ4n) is 1.38. The molecule has 0 unspecified atom stereocenters. The van der Waals surface area contributed by atoms with Gasteiger partial charge >= 0.3 is 0 Å². The average molecular weight is 376 g/mol. The van der Waals surface area contributed by atoms with Gasteiger partial charge in [-0.25, -0.2) is 0 Å². The molecule has 0 aliphatic rings. The van der Waals surface area contributed by atoms with Crippen LogP contribution in [0.2, 0.25) is 5.02 Å². The number of methoxy groups -OCH3 is 1. The van der Waals surface area contributed by atoms with Gasteiger partial charge in [0.1, 0.15) is 0 Å². The van der Waals surface area contributed by atoms with Crippen molar-refractivity contribution in [1.29, 1.82) is 0 Å². The molecule has 94 valence electrons. The fraction of sp³-hybridized carbons (Fsp3) is 0.0833. The molecule has 0 saturated carbocycles. The first-order chi connectivity index (χ1) is 8.60. The third kappa shape index (κ3) is 2.97. The van der Waals surface area contributed by atoms with Crippen LogP contribution < -0.4 is 15.8 Å². The van der Waals surface area contributed by atoms with E-state index >= 15 is 0 Å². The lowest BCUT2D eigenvalue weighted by Gasteiger charge is -2.11. The van der Waals surface area contributed by atoms with Gasteiger partial charge in [-0.05, 0) is 46.9 Å². The van der Waals surface area contributed by atoms with Gasteiger partial charge in [-0.2, -0.15) is 4.98 Å². The maximum absolute atomic E-state index is 5.91. The zero-order valence-electron chi connectivity index (χ0n) is 9.58. The van der Waals surface area contributed by atoms with Crippen LogP contribution in [0.15, 0.2) is 30.3 Å². The van der Waals surface area contributed by atoms with E-state index in [-0.39, 0.29) is 0 Å². The van der Waals surface area contributed by atoms with Crippen LogP contribution in [0.5, 0.6) is 5.88 Å². The van der Waals surface area contributed by atoms with Gasteiger partial charge in [-0.15, -0.1) is 0 Å². The first kappa shape index (κ1) is 13.2. The summed E-state index contributed by atoms with van der Waals surface area (Å²) >= 11 is 8.10. The van der Waals surface area contributed by atoms with E-state index in [0.717, 1.165) is 9.26 Å². The quantitative estimate of drug-likeness (QED) is 0.804. The first-order valence-corrected chi connectivity index (χ1v) is 6.58. The lowest BCUT2D eigenvalue weighted by molar-refractivity contribution is 0.398. The van der Waals surface area contributed by atoms with Crippen molar-refractivity contribution >= 4 is 51.4 Å². The van der Waals surface area contributed by atoms with Gasteiger partial charge in [0, 0.05) is 14.7 Å². The van der Waals surface area contributed by atoms with E-state index < -0.39 is 0 Å². The molecule has 3 N–H and O–H groups in total. The third-order valence-electron chi connectivity index (χ3n) is 2.29. The smallest absolute Gasteiger partial charge is 0.215 e. The van der Waals surface area contributed by atoms with Crippen LogP contribution in [0.25, 0.3) is 0 Å². The summed E-state index contributed by atoms with van der Waals surface area (Å²) in [4.78, 5) is 4.25. The summed E-state index contributed by atoms with van der Waals surface area (Å²) in [6, 6.07) is 9.01. The number of nitrogens with one attached hydrogen (secondary N) is 1. The number of hydrogen-bond donors (Lipinski definition) is 2. The molecule has 1 heterocycles. The van der Waals surface area contributed by atoms with Gasteiger partial charge < -0.3 is 15.8 Å². The summed E-state index contributed by atoms with van der Waals surface area (Å²) in [6.45, 7) is 0. The van der Waals surface area contributed by atoms with E-state index in [2.05, 4.69) is 32.9 Å². The molecule has 2 rings (SSSR count). The minimum absolute atomic E-state index is 0.510. The number of ether oxygens (including phenoxy) is 1. The van der Waals surface area contributed by atoms with Crippen molar-refractivity contribution < 1.29 is 4.74 Å².